The quantitative estimate of drug-likeness (QED) is 0.585. The van der Waals surface area contributed by atoms with E-state index in [-0.39, 0.29) is 11.9 Å². The summed E-state index contributed by atoms with van der Waals surface area (Å²) in [5, 5.41) is 0.928. The minimum atomic E-state index is -0.322. The van der Waals surface area contributed by atoms with Gasteiger partial charge in [0.1, 0.15) is 0 Å². The molecule has 0 amide bonds. The Kier molecular flexibility index (Phi) is 4.00. The zero-order valence-electron chi connectivity index (χ0n) is 8.80. The molecule has 0 saturated carbocycles. The number of rotatable bonds is 2. The van der Waals surface area contributed by atoms with Gasteiger partial charge in [-0.25, -0.2) is 0 Å². The molecule has 0 aromatic heterocycles. The predicted octanol–water partition coefficient (Wildman–Crippen LogP) is 3.86. The first-order chi connectivity index (χ1) is 6.91. The van der Waals surface area contributed by atoms with Gasteiger partial charge in [0.2, 0.25) is 0 Å². The molecule has 1 aromatic carbocycles. The molecule has 1 aromatic rings. The van der Waals surface area contributed by atoms with E-state index >= 15 is 0 Å². The third-order valence-corrected chi connectivity index (χ3v) is 2.60. The molecule has 0 unspecified atom stereocenters. The van der Waals surface area contributed by atoms with Crippen molar-refractivity contribution in [3.8, 4) is 5.75 Å². The van der Waals surface area contributed by atoms with Crippen molar-refractivity contribution in [1.29, 1.82) is 0 Å². The van der Waals surface area contributed by atoms with Crippen LogP contribution in [-0.4, -0.2) is 5.97 Å². The summed E-state index contributed by atoms with van der Waals surface area (Å²) in [5.41, 5.74) is 0.853. The number of hydrogen-bond acceptors (Lipinski definition) is 2. The summed E-state index contributed by atoms with van der Waals surface area (Å²) < 4.78 is 5.09. The Morgan fingerprint density at radius 1 is 1.27 bits per heavy atom. The number of ether oxygens (including phenoxy) is 1. The van der Waals surface area contributed by atoms with E-state index in [1.807, 2.05) is 6.92 Å². The maximum atomic E-state index is 11.3. The van der Waals surface area contributed by atoms with E-state index in [9.17, 15) is 4.79 Å². The zero-order chi connectivity index (χ0) is 11.6. The van der Waals surface area contributed by atoms with E-state index in [1.165, 1.54) is 0 Å². The Morgan fingerprint density at radius 3 is 2.40 bits per heavy atom. The number of carbonyl (C=O) groups is 1. The van der Waals surface area contributed by atoms with Crippen LogP contribution in [0.3, 0.4) is 0 Å². The largest absolute Gasteiger partial charge is 0.425 e. The van der Waals surface area contributed by atoms with E-state index in [1.54, 1.807) is 26.0 Å². The van der Waals surface area contributed by atoms with Crippen LogP contribution in [0.15, 0.2) is 12.1 Å². The molecule has 0 bridgehead atoms. The van der Waals surface area contributed by atoms with Crippen molar-refractivity contribution in [3.63, 3.8) is 0 Å². The first-order valence-electron chi connectivity index (χ1n) is 4.59. The molecule has 82 valence electrons. The Hall–Kier alpha value is -0.730. The molecule has 0 fully saturated rings. The minimum absolute atomic E-state index is 0.193. The van der Waals surface area contributed by atoms with Crippen molar-refractivity contribution in [2.45, 2.75) is 20.8 Å². The summed E-state index contributed by atoms with van der Waals surface area (Å²) >= 11 is 11.8. The van der Waals surface area contributed by atoms with Gasteiger partial charge in [-0.1, -0.05) is 37.0 Å². The molecule has 0 heterocycles. The Morgan fingerprint density at radius 2 is 1.87 bits per heavy atom. The summed E-state index contributed by atoms with van der Waals surface area (Å²) in [6.07, 6.45) is 0. The number of esters is 1. The molecular formula is C11H12Cl2O2. The molecule has 2 nitrogen and oxygen atoms in total. The summed E-state index contributed by atoms with van der Waals surface area (Å²) in [6, 6.07) is 3.23. The van der Waals surface area contributed by atoms with Crippen molar-refractivity contribution in [2.24, 2.45) is 5.92 Å². The van der Waals surface area contributed by atoms with Crippen LogP contribution in [-0.2, 0) is 4.79 Å². The summed E-state index contributed by atoms with van der Waals surface area (Å²) in [5.74, 6) is -0.205. The lowest BCUT2D eigenvalue weighted by molar-refractivity contribution is -0.137. The summed E-state index contributed by atoms with van der Waals surface area (Å²) in [7, 11) is 0. The highest BCUT2D eigenvalue weighted by atomic mass is 35.5. The molecular weight excluding hydrogens is 235 g/mol. The van der Waals surface area contributed by atoms with Gasteiger partial charge in [-0.2, -0.15) is 0 Å². The first kappa shape index (κ1) is 12.3. The number of carbonyl (C=O) groups excluding carboxylic acids is 1. The number of benzene rings is 1. The van der Waals surface area contributed by atoms with Crippen LogP contribution in [0.5, 0.6) is 5.75 Å². The van der Waals surface area contributed by atoms with E-state index in [2.05, 4.69) is 0 Å². The fourth-order valence-corrected chi connectivity index (χ4v) is 1.34. The summed E-state index contributed by atoms with van der Waals surface area (Å²) in [4.78, 5) is 11.3. The zero-order valence-corrected chi connectivity index (χ0v) is 10.3. The van der Waals surface area contributed by atoms with E-state index in [0.717, 1.165) is 5.56 Å². The number of aryl methyl sites for hydroxylation is 1. The molecule has 0 spiro atoms. The topological polar surface area (TPSA) is 26.3 Å². The van der Waals surface area contributed by atoms with Crippen molar-refractivity contribution in [2.75, 3.05) is 0 Å². The second-order valence-electron chi connectivity index (χ2n) is 3.61. The minimum Gasteiger partial charge on any atom is -0.425 e. The highest BCUT2D eigenvalue weighted by molar-refractivity contribution is 6.34. The van der Waals surface area contributed by atoms with Gasteiger partial charge in [0.15, 0.2) is 5.75 Å². The average molecular weight is 247 g/mol. The predicted molar refractivity (Wildman–Crippen MR) is 61.7 cm³/mol. The highest BCUT2D eigenvalue weighted by Crippen LogP contribution is 2.31. The van der Waals surface area contributed by atoms with Gasteiger partial charge in [0.05, 0.1) is 10.9 Å². The third-order valence-electron chi connectivity index (χ3n) is 1.90. The summed E-state index contributed by atoms with van der Waals surface area (Å²) in [6.45, 7) is 5.35. The van der Waals surface area contributed by atoms with Crippen LogP contribution >= 0.6 is 23.2 Å². The molecule has 4 heteroatoms. The average Bonchev–Trinajstić information content (AvgIpc) is 2.13. The lowest BCUT2D eigenvalue weighted by Crippen LogP contribution is -2.15. The molecule has 0 radical (unpaired) electrons. The second kappa shape index (κ2) is 4.86. The smallest absolute Gasteiger partial charge is 0.313 e. The highest BCUT2D eigenvalue weighted by Gasteiger charge is 2.13. The maximum Gasteiger partial charge on any atom is 0.313 e. The SMILES string of the molecule is Cc1cc(Cl)c(OC(=O)C(C)C)cc1Cl. The van der Waals surface area contributed by atoms with E-state index in [0.29, 0.717) is 15.8 Å². The molecule has 0 aliphatic carbocycles. The van der Waals surface area contributed by atoms with Crippen LogP contribution < -0.4 is 4.74 Å². The van der Waals surface area contributed by atoms with Gasteiger partial charge in [-0.3, -0.25) is 4.79 Å². The molecule has 0 saturated heterocycles. The Labute approximate surface area is 99.1 Å². The molecule has 0 aliphatic rings. The second-order valence-corrected chi connectivity index (χ2v) is 4.42. The molecule has 0 N–H and O–H groups in total. The fraction of sp³-hybridized carbons (Fsp3) is 0.364. The van der Waals surface area contributed by atoms with Crippen LogP contribution in [0.4, 0.5) is 0 Å². The Bertz CT molecular complexity index is 386. The molecule has 0 atom stereocenters. The van der Waals surface area contributed by atoms with E-state index in [4.69, 9.17) is 27.9 Å². The van der Waals surface area contributed by atoms with Gasteiger partial charge in [-0.05, 0) is 18.6 Å². The maximum absolute atomic E-state index is 11.3. The molecule has 15 heavy (non-hydrogen) atoms. The normalized spacial score (nSPS) is 10.5. The standard InChI is InChI=1S/C11H12Cl2O2/c1-6(2)11(14)15-10-5-8(12)7(3)4-9(10)13/h4-6H,1-3H3. The van der Waals surface area contributed by atoms with Crippen LogP contribution in [0, 0.1) is 12.8 Å². The van der Waals surface area contributed by atoms with Crippen molar-refractivity contribution < 1.29 is 9.53 Å². The Balaban J connectivity index is 2.96. The van der Waals surface area contributed by atoms with E-state index < -0.39 is 0 Å². The third kappa shape index (κ3) is 3.11. The van der Waals surface area contributed by atoms with Crippen molar-refractivity contribution in [1.82, 2.24) is 0 Å². The molecule has 0 aliphatic heterocycles. The van der Waals surface area contributed by atoms with Crippen molar-refractivity contribution in [3.05, 3.63) is 27.7 Å². The lowest BCUT2D eigenvalue weighted by Gasteiger charge is -2.09. The monoisotopic (exact) mass is 246 g/mol. The number of halogens is 2. The van der Waals surface area contributed by atoms with Crippen LogP contribution in [0.1, 0.15) is 19.4 Å². The molecule has 1 rings (SSSR count). The van der Waals surface area contributed by atoms with Gasteiger partial charge < -0.3 is 4.74 Å². The van der Waals surface area contributed by atoms with Gasteiger partial charge in [-0.15, -0.1) is 0 Å². The van der Waals surface area contributed by atoms with Crippen molar-refractivity contribution >= 4 is 29.2 Å². The lowest BCUT2D eigenvalue weighted by atomic mass is 10.2. The fourth-order valence-electron chi connectivity index (χ4n) is 0.932. The van der Waals surface area contributed by atoms with Gasteiger partial charge in [0, 0.05) is 11.1 Å². The number of hydrogen-bond donors (Lipinski definition) is 0. The van der Waals surface area contributed by atoms with Crippen LogP contribution in [0.2, 0.25) is 10.0 Å². The van der Waals surface area contributed by atoms with Gasteiger partial charge >= 0.3 is 5.97 Å². The van der Waals surface area contributed by atoms with Crippen LogP contribution in [0.25, 0.3) is 0 Å². The van der Waals surface area contributed by atoms with Gasteiger partial charge in [0.25, 0.3) is 0 Å². The first-order valence-corrected chi connectivity index (χ1v) is 5.34.